The number of piperidine rings is 1. The molecule has 1 saturated heterocycles. The van der Waals surface area contributed by atoms with E-state index in [9.17, 15) is 9.59 Å². The highest BCUT2D eigenvalue weighted by molar-refractivity contribution is 5.92. The third-order valence-corrected chi connectivity index (χ3v) is 4.95. The molecule has 1 saturated carbocycles. The molecule has 3 rings (SSSR count). The SMILES string of the molecule is Cc1cnc(C(=O)N(CCC(=O)N2CCC(C)CC2)C2CC2)cn1. The van der Waals surface area contributed by atoms with Crippen LogP contribution in [0.2, 0.25) is 0 Å². The quantitative estimate of drug-likeness (QED) is 0.828. The Hall–Kier alpha value is -1.98. The van der Waals surface area contributed by atoms with Gasteiger partial charge in [-0.25, -0.2) is 4.98 Å². The van der Waals surface area contributed by atoms with Gasteiger partial charge in [-0.15, -0.1) is 0 Å². The number of likely N-dealkylation sites (tertiary alicyclic amines) is 1. The Kier molecular flexibility index (Phi) is 5.11. The first-order valence-corrected chi connectivity index (χ1v) is 8.92. The van der Waals surface area contributed by atoms with E-state index in [-0.39, 0.29) is 17.9 Å². The molecule has 6 nitrogen and oxygen atoms in total. The van der Waals surface area contributed by atoms with Crippen molar-refractivity contribution in [3.63, 3.8) is 0 Å². The first-order chi connectivity index (χ1) is 11.5. The summed E-state index contributed by atoms with van der Waals surface area (Å²) in [7, 11) is 0. The molecular formula is C18H26N4O2. The van der Waals surface area contributed by atoms with E-state index in [1.54, 1.807) is 6.20 Å². The van der Waals surface area contributed by atoms with Crippen molar-refractivity contribution in [1.82, 2.24) is 19.8 Å². The molecule has 0 atom stereocenters. The molecule has 2 heterocycles. The summed E-state index contributed by atoms with van der Waals surface area (Å²) in [6, 6.07) is 0.259. The minimum Gasteiger partial charge on any atom is -0.343 e. The number of carbonyl (C=O) groups is 2. The summed E-state index contributed by atoms with van der Waals surface area (Å²) in [5.41, 5.74) is 1.16. The van der Waals surface area contributed by atoms with E-state index in [4.69, 9.17) is 0 Å². The van der Waals surface area contributed by atoms with Gasteiger partial charge in [-0.2, -0.15) is 0 Å². The van der Waals surface area contributed by atoms with Gasteiger partial charge in [0.2, 0.25) is 5.91 Å². The molecule has 130 valence electrons. The molecule has 0 bridgehead atoms. The number of amides is 2. The van der Waals surface area contributed by atoms with Crippen LogP contribution in [0.25, 0.3) is 0 Å². The van der Waals surface area contributed by atoms with Crippen LogP contribution in [0.15, 0.2) is 12.4 Å². The van der Waals surface area contributed by atoms with E-state index in [1.807, 2.05) is 16.7 Å². The second kappa shape index (κ2) is 7.28. The van der Waals surface area contributed by atoms with Crippen LogP contribution in [-0.2, 0) is 4.79 Å². The molecule has 2 amide bonds. The largest absolute Gasteiger partial charge is 0.343 e. The Bertz CT molecular complexity index is 590. The maximum atomic E-state index is 12.7. The van der Waals surface area contributed by atoms with Crippen molar-refractivity contribution in [2.45, 2.75) is 52.0 Å². The molecule has 0 radical (unpaired) electrons. The molecule has 0 unspecified atom stereocenters. The van der Waals surface area contributed by atoms with Crippen LogP contribution in [0.3, 0.4) is 0 Å². The number of nitrogens with zero attached hydrogens (tertiary/aromatic N) is 4. The maximum absolute atomic E-state index is 12.7. The van der Waals surface area contributed by atoms with Gasteiger partial charge in [0.05, 0.1) is 11.9 Å². The van der Waals surface area contributed by atoms with Crippen molar-refractivity contribution in [3.8, 4) is 0 Å². The van der Waals surface area contributed by atoms with Crippen LogP contribution < -0.4 is 0 Å². The van der Waals surface area contributed by atoms with Gasteiger partial charge in [-0.3, -0.25) is 14.6 Å². The lowest BCUT2D eigenvalue weighted by Crippen LogP contribution is -2.41. The predicted octanol–water partition coefficient (Wildman–Crippen LogP) is 2.04. The van der Waals surface area contributed by atoms with Gasteiger partial charge in [-0.05, 0) is 38.5 Å². The second-order valence-electron chi connectivity index (χ2n) is 7.09. The fraction of sp³-hybridized carbons (Fsp3) is 0.667. The van der Waals surface area contributed by atoms with E-state index < -0.39 is 0 Å². The summed E-state index contributed by atoms with van der Waals surface area (Å²) in [6.45, 7) is 6.25. The molecule has 0 spiro atoms. The van der Waals surface area contributed by atoms with Gasteiger partial charge in [0.1, 0.15) is 5.69 Å². The summed E-state index contributed by atoms with van der Waals surface area (Å²) < 4.78 is 0. The van der Waals surface area contributed by atoms with Crippen molar-refractivity contribution < 1.29 is 9.59 Å². The summed E-state index contributed by atoms with van der Waals surface area (Å²) in [6.07, 6.45) is 7.72. The number of carbonyl (C=O) groups excluding carboxylic acids is 2. The molecule has 1 aromatic rings. The van der Waals surface area contributed by atoms with E-state index in [0.29, 0.717) is 24.6 Å². The lowest BCUT2D eigenvalue weighted by atomic mass is 9.99. The van der Waals surface area contributed by atoms with Crippen molar-refractivity contribution in [2.75, 3.05) is 19.6 Å². The lowest BCUT2D eigenvalue weighted by molar-refractivity contribution is -0.132. The highest BCUT2D eigenvalue weighted by atomic mass is 16.2. The zero-order valence-electron chi connectivity index (χ0n) is 14.6. The first-order valence-electron chi connectivity index (χ1n) is 8.92. The van der Waals surface area contributed by atoms with Gasteiger partial charge in [0, 0.05) is 38.3 Å². The van der Waals surface area contributed by atoms with E-state index in [1.165, 1.54) is 6.20 Å². The van der Waals surface area contributed by atoms with Crippen LogP contribution >= 0.6 is 0 Å². The normalized spacial score (nSPS) is 18.5. The highest BCUT2D eigenvalue weighted by Gasteiger charge is 2.34. The molecule has 2 aliphatic rings. The van der Waals surface area contributed by atoms with E-state index in [0.717, 1.165) is 44.5 Å². The third kappa shape index (κ3) is 4.10. The molecule has 1 aromatic heterocycles. The minimum atomic E-state index is -0.106. The van der Waals surface area contributed by atoms with Crippen molar-refractivity contribution >= 4 is 11.8 Å². The summed E-state index contributed by atoms with van der Waals surface area (Å²) in [4.78, 5) is 37.2. The summed E-state index contributed by atoms with van der Waals surface area (Å²) in [5.74, 6) is 0.763. The molecular weight excluding hydrogens is 304 g/mol. The number of hydrogen-bond donors (Lipinski definition) is 0. The monoisotopic (exact) mass is 330 g/mol. The molecule has 1 aliphatic heterocycles. The Labute approximate surface area is 143 Å². The third-order valence-electron chi connectivity index (χ3n) is 4.95. The average Bonchev–Trinajstić information content (AvgIpc) is 3.41. The van der Waals surface area contributed by atoms with E-state index in [2.05, 4.69) is 16.9 Å². The zero-order chi connectivity index (χ0) is 17.1. The van der Waals surface area contributed by atoms with Gasteiger partial charge in [-0.1, -0.05) is 6.92 Å². The van der Waals surface area contributed by atoms with Crippen molar-refractivity contribution in [1.29, 1.82) is 0 Å². The molecule has 24 heavy (non-hydrogen) atoms. The molecule has 0 aromatic carbocycles. The first kappa shape index (κ1) is 16.9. The standard InChI is InChI=1S/C18H26N4O2/c1-13-5-8-21(9-6-13)17(23)7-10-22(15-3-4-15)18(24)16-12-19-14(2)11-20-16/h11-13,15H,3-10H2,1-2H3. The van der Waals surface area contributed by atoms with Gasteiger partial charge >= 0.3 is 0 Å². The summed E-state index contributed by atoms with van der Waals surface area (Å²) in [5, 5.41) is 0. The van der Waals surface area contributed by atoms with E-state index >= 15 is 0 Å². The van der Waals surface area contributed by atoms with Crippen molar-refractivity contribution in [2.24, 2.45) is 5.92 Å². The Morgan fingerprint density at radius 1 is 1.17 bits per heavy atom. The topological polar surface area (TPSA) is 66.4 Å². The molecule has 1 aliphatic carbocycles. The lowest BCUT2D eigenvalue weighted by Gasteiger charge is -2.31. The Morgan fingerprint density at radius 2 is 1.88 bits per heavy atom. The van der Waals surface area contributed by atoms with Gasteiger partial charge in [0.15, 0.2) is 0 Å². The van der Waals surface area contributed by atoms with Crippen LogP contribution in [0, 0.1) is 12.8 Å². The minimum absolute atomic E-state index is 0.106. The smallest absolute Gasteiger partial charge is 0.274 e. The number of rotatable bonds is 5. The fourth-order valence-corrected chi connectivity index (χ4v) is 3.12. The second-order valence-corrected chi connectivity index (χ2v) is 7.09. The van der Waals surface area contributed by atoms with Crippen molar-refractivity contribution in [3.05, 3.63) is 23.8 Å². The molecule has 2 fully saturated rings. The van der Waals surface area contributed by atoms with Gasteiger partial charge < -0.3 is 9.80 Å². The number of hydrogen-bond acceptors (Lipinski definition) is 4. The highest BCUT2D eigenvalue weighted by Crippen LogP contribution is 2.28. The Balaban J connectivity index is 1.57. The molecule has 6 heteroatoms. The average molecular weight is 330 g/mol. The van der Waals surface area contributed by atoms with Crippen LogP contribution in [0.1, 0.15) is 55.2 Å². The van der Waals surface area contributed by atoms with Crippen LogP contribution in [0.5, 0.6) is 0 Å². The number of aryl methyl sites for hydroxylation is 1. The Morgan fingerprint density at radius 3 is 2.46 bits per heavy atom. The zero-order valence-corrected chi connectivity index (χ0v) is 14.6. The maximum Gasteiger partial charge on any atom is 0.274 e. The van der Waals surface area contributed by atoms with Crippen LogP contribution in [-0.4, -0.2) is 57.3 Å². The summed E-state index contributed by atoms with van der Waals surface area (Å²) >= 11 is 0. The van der Waals surface area contributed by atoms with Gasteiger partial charge in [0.25, 0.3) is 5.91 Å². The number of aromatic nitrogens is 2. The fourth-order valence-electron chi connectivity index (χ4n) is 3.12. The predicted molar refractivity (Wildman–Crippen MR) is 90.4 cm³/mol. The molecule has 0 N–H and O–H groups in total. The van der Waals surface area contributed by atoms with Crippen LogP contribution in [0.4, 0.5) is 0 Å².